The summed E-state index contributed by atoms with van der Waals surface area (Å²) in [4.78, 5) is 13.9. The first kappa shape index (κ1) is 11.8. The Hall–Kier alpha value is -1.66. The molecule has 0 aromatic heterocycles. The molecule has 1 aliphatic heterocycles. The molecule has 3 nitrogen and oxygen atoms in total. The third-order valence-electron chi connectivity index (χ3n) is 3.12. The van der Waals surface area contributed by atoms with Gasteiger partial charge in [0.1, 0.15) is 0 Å². The Morgan fingerprint density at radius 1 is 1.24 bits per heavy atom. The van der Waals surface area contributed by atoms with E-state index in [0.717, 1.165) is 6.54 Å². The van der Waals surface area contributed by atoms with Crippen LogP contribution in [0, 0.1) is 11.3 Å². The zero-order valence-corrected chi connectivity index (χ0v) is 9.85. The largest absolute Gasteiger partial charge is 0.299 e. The summed E-state index contributed by atoms with van der Waals surface area (Å²) in [5.74, 6) is -0.0970. The first-order valence-electron chi connectivity index (χ1n) is 6.01. The summed E-state index contributed by atoms with van der Waals surface area (Å²) in [5, 5.41) is 8.46. The maximum Gasteiger partial charge on any atom is 0.176 e. The number of rotatable bonds is 4. The lowest BCUT2D eigenvalue weighted by Crippen LogP contribution is -2.18. The van der Waals surface area contributed by atoms with E-state index >= 15 is 0 Å². The smallest absolute Gasteiger partial charge is 0.176 e. The van der Waals surface area contributed by atoms with Gasteiger partial charge in [-0.15, -0.1) is 0 Å². The Balaban J connectivity index is 1.97. The van der Waals surface area contributed by atoms with E-state index in [1.807, 2.05) is 30.3 Å². The highest BCUT2D eigenvalue weighted by Crippen LogP contribution is 2.13. The van der Waals surface area contributed by atoms with E-state index < -0.39 is 0 Å². The van der Waals surface area contributed by atoms with Gasteiger partial charge in [0.05, 0.1) is 12.5 Å². The summed E-state index contributed by atoms with van der Waals surface area (Å²) < 4.78 is 0. The lowest BCUT2D eigenvalue weighted by atomic mass is 10.1. The van der Waals surface area contributed by atoms with Crippen molar-refractivity contribution in [2.45, 2.75) is 25.8 Å². The summed E-state index contributed by atoms with van der Waals surface area (Å²) in [6.45, 7) is 3.32. The van der Waals surface area contributed by atoms with Crippen LogP contribution in [-0.4, -0.2) is 23.8 Å². The maximum atomic E-state index is 11.5. The van der Waals surface area contributed by atoms with Crippen LogP contribution in [0.2, 0.25) is 0 Å². The third kappa shape index (κ3) is 3.15. The van der Waals surface area contributed by atoms with Gasteiger partial charge in [-0.2, -0.15) is 5.26 Å². The number of hydrogen-bond donors (Lipinski definition) is 0. The standard InChI is InChI=1S/C14H16N2O/c15-8-7-14(17)13-5-3-12(4-6-13)11-16-9-1-2-10-16/h3-6H,1-2,7,9-11H2. The predicted octanol–water partition coefficient (Wildman–Crippen LogP) is 2.38. The zero-order valence-electron chi connectivity index (χ0n) is 9.85. The minimum atomic E-state index is -0.0970. The van der Waals surface area contributed by atoms with Gasteiger partial charge >= 0.3 is 0 Å². The van der Waals surface area contributed by atoms with Crippen molar-refractivity contribution in [3.8, 4) is 6.07 Å². The van der Waals surface area contributed by atoms with Crippen molar-refractivity contribution in [1.29, 1.82) is 5.26 Å². The quantitative estimate of drug-likeness (QED) is 0.743. The maximum absolute atomic E-state index is 11.5. The first-order chi connectivity index (χ1) is 8.29. The minimum absolute atomic E-state index is 0.0362. The average molecular weight is 228 g/mol. The number of Topliss-reactive ketones (excluding diaryl/α,β-unsaturated/α-hetero) is 1. The van der Waals surface area contributed by atoms with Gasteiger partial charge in [0, 0.05) is 12.1 Å². The molecule has 1 saturated heterocycles. The fourth-order valence-electron chi connectivity index (χ4n) is 2.17. The van der Waals surface area contributed by atoms with Gasteiger partial charge in [-0.25, -0.2) is 0 Å². The molecule has 1 aromatic carbocycles. The molecule has 1 aromatic rings. The molecule has 0 bridgehead atoms. The van der Waals surface area contributed by atoms with Gasteiger partial charge in [0.15, 0.2) is 5.78 Å². The Labute approximate surface area is 102 Å². The molecule has 0 aliphatic carbocycles. The molecule has 1 aliphatic rings. The summed E-state index contributed by atoms with van der Waals surface area (Å²) >= 11 is 0. The van der Waals surface area contributed by atoms with E-state index in [2.05, 4.69) is 4.90 Å². The summed E-state index contributed by atoms with van der Waals surface area (Å²) in [5.41, 5.74) is 1.87. The van der Waals surface area contributed by atoms with E-state index in [1.54, 1.807) is 0 Å². The molecule has 17 heavy (non-hydrogen) atoms. The Bertz CT molecular complexity index is 425. The second-order valence-corrected chi connectivity index (χ2v) is 4.44. The van der Waals surface area contributed by atoms with Crippen LogP contribution in [0.1, 0.15) is 35.2 Å². The molecule has 0 N–H and O–H groups in total. The van der Waals surface area contributed by atoms with E-state index in [1.165, 1.54) is 31.5 Å². The van der Waals surface area contributed by atoms with Crippen molar-refractivity contribution in [3.63, 3.8) is 0 Å². The fourth-order valence-corrected chi connectivity index (χ4v) is 2.17. The summed E-state index contributed by atoms with van der Waals surface area (Å²) in [6.07, 6.45) is 2.54. The molecule has 0 unspecified atom stereocenters. The molecule has 2 rings (SSSR count). The van der Waals surface area contributed by atoms with Crippen LogP contribution >= 0.6 is 0 Å². The van der Waals surface area contributed by atoms with Crippen LogP contribution in [-0.2, 0) is 6.54 Å². The van der Waals surface area contributed by atoms with Crippen LogP contribution in [0.25, 0.3) is 0 Å². The highest BCUT2D eigenvalue weighted by molar-refractivity contribution is 5.97. The fraction of sp³-hybridized carbons (Fsp3) is 0.429. The predicted molar refractivity (Wildman–Crippen MR) is 65.5 cm³/mol. The van der Waals surface area contributed by atoms with Crippen molar-refractivity contribution in [2.75, 3.05) is 13.1 Å². The molecule has 0 radical (unpaired) electrons. The van der Waals surface area contributed by atoms with Crippen LogP contribution in [0.15, 0.2) is 24.3 Å². The SMILES string of the molecule is N#CCC(=O)c1ccc(CN2CCCC2)cc1. The van der Waals surface area contributed by atoms with Gasteiger partial charge in [-0.05, 0) is 31.5 Å². The number of benzene rings is 1. The summed E-state index contributed by atoms with van der Waals surface area (Å²) in [7, 11) is 0. The average Bonchev–Trinajstić information content (AvgIpc) is 2.83. The van der Waals surface area contributed by atoms with Crippen LogP contribution in [0.5, 0.6) is 0 Å². The van der Waals surface area contributed by atoms with Crippen LogP contribution < -0.4 is 0 Å². The lowest BCUT2D eigenvalue weighted by Gasteiger charge is -2.14. The highest BCUT2D eigenvalue weighted by Gasteiger charge is 2.12. The molecular formula is C14H16N2O. The normalized spacial score (nSPS) is 15.7. The van der Waals surface area contributed by atoms with Crippen molar-refractivity contribution in [2.24, 2.45) is 0 Å². The highest BCUT2D eigenvalue weighted by atomic mass is 16.1. The second-order valence-electron chi connectivity index (χ2n) is 4.44. The lowest BCUT2D eigenvalue weighted by molar-refractivity contribution is 0.0997. The first-order valence-corrected chi connectivity index (χ1v) is 6.01. The van der Waals surface area contributed by atoms with Gasteiger partial charge in [0.25, 0.3) is 0 Å². The third-order valence-corrected chi connectivity index (χ3v) is 3.12. The van der Waals surface area contributed by atoms with E-state index in [0.29, 0.717) is 5.56 Å². The molecule has 0 spiro atoms. The van der Waals surface area contributed by atoms with Gasteiger partial charge < -0.3 is 0 Å². The van der Waals surface area contributed by atoms with E-state index in [4.69, 9.17) is 5.26 Å². The molecular weight excluding hydrogens is 212 g/mol. The molecule has 1 fully saturated rings. The van der Waals surface area contributed by atoms with Gasteiger partial charge in [-0.1, -0.05) is 24.3 Å². The zero-order chi connectivity index (χ0) is 12.1. The Morgan fingerprint density at radius 3 is 2.47 bits per heavy atom. The Morgan fingerprint density at radius 2 is 1.88 bits per heavy atom. The topological polar surface area (TPSA) is 44.1 Å². The van der Waals surface area contributed by atoms with Crippen molar-refractivity contribution in [3.05, 3.63) is 35.4 Å². The van der Waals surface area contributed by atoms with E-state index in [-0.39, 0.29) is 12.2 Å². The number of nitrogens with zero attached hydrogens (tertiary/aromatic N) is 2. The van der Waals surface area contributed by atoms with Gasteiger partial charge in [-0.3, -0.25) is 9.69 Å². The molecule has 3 heteroatoms. The van der Waals surface area contributed by atoms with Crippen molar-refractivity contribution in [1.82, 2.24) is 4.90 Å². The summed E-state index contributed by atoms with van der Waals surface area (Å²) in [6, 6.07) is 9.51. The molecule has 0 saturated carbocycles. The van der Waals surface area contributed by atoms with Crippen molar-refractivity contribution < 1.29 is 4.79 Å². The van der Waals surface area contributed by atoms with Crippen LogP contribution in [0.3, 0.4) is 0 Å². The van der Waals surface area contributed by atoms with Crippen molar-refractivity contribution >= 4 is 5.78 Å². The molecule has 88 valence electrons. The number of carbonyl (C=O) groups excluding carboxylic acids is 1. The second kappa shape index (κ2) is 5.60. The molecule has 0 amide bonds. The molecule has 0 atom stereocenters. The number of carbonyl (C=O) groups is 1. The number of ketones is 1. The number of likely N-dealkylation sites (tertiary alicyclic amines) is 1. The van der Waals surface area contributed by atoms with Crippen LogP contribution in [0.4, 0.5) is 0 Å². The van der Waals surface area contributed by atoms with E-state index in [9.17, 15) is 4.79 Å². The number of hydrogen-bond acceptors (Lipinski definition) is 3. The molecule has 1 heterocycles. The Kier molecular flexibility index (Phi) is 3.89. The van der Waals surface area contributed by atoms with Gasteiger partial charge in [0.2, 0.25) is 0 Å². The number of nitriles is 1. The minimum Gasteiger partial charge on any atom is -0.299 e. The monoisotopic (exact) mass is 228 g/mol.